The first-order valence-electron chi connectivity index (χ1n) is 7.35. The monoisotopic (exact) mass is 290 g/mol. The summed E-state index contributed by atoms with van der Waals surface area (Å²) in [7, 11) is 0. The summed E-state index contributed by atoms with van der Waals surface area (Å²) in [6.45, 7) is 9.61. The molecular weight excluding hydrogens is 268 g/mol. The lowest BCUT2D eigenvalue weighted by Gasteiger charge is -2.56. The summed E-state index contributed by atoms with van der Waals surface area (Å²) in [5.74, 6) is 1.37. The molecule has 2 bridgehead atoms. The Kier molecular flexibility index (Phi) is 3.16. The van der Waals surface area contributed by atoms with Crippen molar-refractivity contribution in [3.8, 4) is 5.75 Å². The minimum Gasteiger partial charge on any atom is -0.467 e. The quantitative estimate of drug-likeness (QED) is 0.844. The zero-order valence-electron chi connectivity index (χ0n) is 12.6. The summed E-state index contributed by atoms with van der Waals surface area (Å²) in [5, 5.41) is 4.33. The van der Waals surface area contributed by atoms with Crippen LogP contribution in [0.1, 0.15) is 44.4 Å². The van der Waals surface area contributed by atoms with E-state index < -0.39 is 0 Å². The maximum atomic E-state index is 6.47. The highest BCUT2D eigenvalue weighted by Crippen LogP contribution is 2.48. The van der Waals surface area contributed by atoms with Crippen molar-refractivity contribution in [2.45, 2.75) is 45.9 Å². The average molecular weight is 290 g/mol. The van der Waals surface area contributed by atoms with Crippen LogP contribution in [0.4, 0.5) is 0 Å². The predicted molar refractivity (Wildman–Crippen MR) is 84.8 cm³/mol. The SMILES string of the molecule is CCCN1C(=S)NC2c3cccc(C)c3OC1(C)C2C. The lowest BCUT2D eigenvalue weighted by Crippen LogP contribution is -2.69. The molecule has 2 aliphatic heterocycles. The Bertz CT molecular complexity index is 559. The first-order valence-corrected chi connectivity index (χ1v) is 7.76. The molecule has 4 heteroatoms. The lowest BCUT2D eigenvalue weighted by molar-refractivity contribution is -0.110. The van der Waals surface area contributed by atoms with Gasteiger partial charge in [0.2, 0.25) is 0 Å². The summed E-state index contributed by atoms with van der Waals surface area (Å²) in [5.41, 5.74) is 2.06. The number of para-hydroxylation sites is 1. The number of thiocarbonyl (C=S) groups is 1. The fourth-order valence-corrected chi connectivity index (χ4v) is 3.80. The Morgan fingerprint density at radius 3 is 2.90 bits per heavy atom. The highest BCUT2D eigenvalue weighted by molar-refractivity contribution is 7.80. The molecule has 0 spiro atoms. The van der Waals surface area contributed by atoms with Gasteiger partial charge in [0.15, 0.2) is 10.8 Å². The molecule has 0 saturated carbocycles. The molecule has 1 aromatic rings. The van der Waals surface area contributed by atoms with Gasteiger partial charge in [0, 0.05) is 18.0 Å². The van der Waals surface area contributed by atoms with Gasteiger partial charge in [-0.25, -0.2) is 0 Å². The Morgan fingerprint density at radius 2 is 2.20 bits per heavy atom. The maximum absolute atomic E-state index is 6.47. The number of ether oxygens (including phenoxy) is 1. The molecule has 20 heavy (non-hydrogen) atoms. The van der Waals surface area contributed by atoms with Gasteiger partial charge in [-0.05, 0) is 38.0 Å². The van der Waals surface area contributed by atoms with Gasteiger partial charge in [0.05, 0.1) is 6.04 Å². The molecule has 3 unspecified atom stereocenters. The van der Waals surface area contributed by atoms with Crippen LogP contribution in [0.25, 0.3) is 0 Å². The molecule has 1 saturated heterocycles. The number of nitrogens with one attached hydrogen (secondary N) is 1. The van der Waals surface area contributed by atoms with Gasteiger partial charge < -0.3 is 15.0 Å². The van der Waals surface area contributed by atoms with E-state index in [2.05, 4.69) is 56.1 Å². The molecule has 3 rings (SSSR count). The van der Waals surface area contributed by atoms with Crippen LogP contribution in [-0.2, 0) is 0 Å². The molecule has 1 N–H and O–H groups in total. The van der Waals surface area contributed by atoms with Crippen molar-refractivity contribution in [2.75, 3.05) is 6.54 Å². The van der Waals surface area contributed by atoms with Crippen molar-refractivity contribution in [2.24, 2.45) is 5.92 Å². The first-order chi connectivity index (χ1) is 9.49. The predicted octanol–water partition coefficient (Wildman–Crippen LogP) is 3.38. The van der Waals surface area contributed by atoms with E-state index in [9.17, 15) is 0 Å². The summed E-state index contributed by atoms with van der Waals surface area (Å²) < 4.78 is 6.47. The van der Waals surface area contributed by atoms with E-state index in [1.165, 1.54) is 11.1 Å². The van der Waals surface area contributed by atoms with E-state index in [-0.39, 0.29) is 11.8 Å². The second-order valence-electron chi connectivity index (χ2n) is 6.02. The zero-order valence-corrected chi connectivity index (χ0v) is 13.4. The molecule has 108 valence electrons. The standard InChI is InChI=1S/C16H22N2OS/c1-5-9-18-15(20)17-13-11(3)16(18,4)19-14-10(2)7-6-8-12(13)14/h6-8,11,13H,5,9H2,1-4H3,(H,17,20). The van der Waals surface area contributed by atoms with Gasteiger partial charge >= 0.3 is 0 Å². The molecule has 3 nitrogen and oxygen atoms in total. The minimum atomic E-state index is -0.359. The third kappa shape index (κ3) is 1.74. The lowest BCUT2D eigenvalue weighted by atomic mass is 9.80. The van der Waals surface area contributed by atoms with Crippen LogP contribution in [0.5, 0.6) is 5.75 Å². The Morgan fingerprint density at radius 1 is 1.45 bits per heavy atom. The number of hydrogen-bond donors (Lipinski definition) is 1. The molecular formula is C16H22N2OS. The van der Waals surface area contributed by atoms with E-state index in [0.29, 0.717) is 5.92 Å². The number of fused-ring (bicyclic) bond motifs is 4. The van der Waals surface area contributed by atoms with E-state index in [0.717, 1.165) is 23.8 Å². The summed E-state index contributed by atoms with van der Waals surface area (Å²) >= 11 is 5.57. The smallest absolute Gasteiger partial charge is 0.186 e. The van der Waals surface area contributed by atoms with E-state index in [1.54, 1.807) is 0 Å². The molecule has 1 aromatic carbocycles. The highest BCUT2D eigenvalue weighted by Gasteiger charge is 2.53. The van der Waals surface area contributed by atoms with Crippen LogP contribution in [0, 0.1) is 12.8 Å². The Labute approximate surface area is 126 Å². The number of nitrogens with zero attached hydrogens (tertiary/aromatic N) is 1. The minimum absolute atomic E-state index is 0.240. The van der Waals surface area contributed by atoms with Gasteiger partial charge in [-0.15, -0.1) is 0 Å². The van der Waals surface area contributed by atoms with Gasteiger partial charge in [0.1, 0.15) is 5.75 Å². The fourth-order valence-electron chi connectivity index (χ4n) is 3.40. The largest absolute Gasteiger partial charge is 0.467 e. The van der Waals surface area contributed by atoms with E-state index in [4.69, 9.17) is 17.0 Å². The van der Waals surface area contributed by atoms with Gasteiger partial charge in [-0.2, -0.15) is 0 Å². The van der Waals surface area contributed by atoms with Crippen LogP contribution in [0.3, 0.4) is 0 Å². The summed E-state index contributed by atoms with van der Waals surface area (Å²) in [4.78, 5) is 2.21. The van der Waals surface area contributed by atoms with Crippen molar-refractivity contribution in [1.82, 2.24) is 10.2 Å². The molecule has 0 aliphatic carbocycles. The second kappa shape index (κ2) is 4.62. The zero-order chi connectivity index (χ0) is 14.5. The van der Waals surface area contributed by atoms with Gasteiger partial charge in [-0.3, -0.25) is 0 Å². The van der Waals surface area contributed by atoms with Crippen LogP contribution in [0.15, 0.2) is 18.2 Å². The topological polar surface area (TPSA) is 24.5 Å². The molecule has 2 heterocycles. The second-order valence-corrected chi connectivity index (χ2v) is 6.40. The number of benzene rings is 1. The Hall–Kier alpha value is -1.29. The first kappa shape index (κ1) is 13.7. The van der Waals surface area contributed by atoms with Crippen molar-refractivity contribution < 1.29 is 4.74 Å². The molecule has 0 radical (unpaired) electrons. The maximum Gasteiger partial charge on any atom is 0.186 e. The molecule has 3 atom stereocenters. The molecule has 0 amide bonds. The van der Waals surface area contributed by atoms with Crippen LogP contribution in [-0.4, -0.2) is 22.3 Å². The van der Waals surface area contributed by atoms with Crippen molar-refractivity contribution >= 4 is 17.3 Å². The van der Waals surface area contributed by atoms with Crippen LogP contribution < -0.4 is 10.1 Å². The molecule has 2 aliphatic rings. The van der Waals surface area contributed by atoms with Crippen LogP contribution >= 0.6 is 12.2 Å². The van der Waals surface area contributed by atoms with Gasteiger partial charge in [-0.1, -0.05) is 32.0 Å². The normalized spacial score (nSPS) is 31.4. The third-order valence-corrected chi connectivity index (χ3v) is 5.08. The molecule has 0 aromatic heterocycles. The summed E-state index contributed by atoms with van der Waals surface area (Å²) in [6.07, 6.45) is 1.05. The van der Waals surface area contributed by atoms with E-state index in [1.807, 2.05) is 0 Å². The third-order valence-electron chi connectivity index (χ3n) is 4.74. The van der Waals surface area contributed by atoms with Gasteiger partial charge in [0.25, 0.3) is 0 Å². The van der Waals surface area contributed by atoms with Crippen molar-refractivity contribution in [1.29, 1.82) is 0 Å². The molecule has 1 fully saturated rings. The van der Waals surface area contributed by atoms with Crippen LogP contribution in [0.2, 0.25) is 0 Å². The Balaban J connectivity index is 2.12. The average Bonchev–Trinajstić information content (AvgIpc) is 2.41. The number of hydrogen-bond acceptors (Lipinski definition) is 2. The van der Waals surface area contributed by atoms with Crippen molar-refractivity contribution in [3.63, 3.8) is 0 Å². The number of rotatable bonds is 2. The van der Waals surface area contributed by atoms with Crippen molar-refractivity contribution in [3.05, 3.63) is 29.3 Å². The highest BCUT2D eigenvalue weighted by atomic mass is 32.1. The number of aryl methyl sites for hydroxylation is 1. The summed E-state index contributed by atoms with van der Waals surface area (Å²) in [6, 6.07) is 6.59. The fraction of sp³-hybridized carbons (Fsp3) is 0.562. The van der Waals surface area contributed by atoms with E-state index >= 15 is 0 Å².